The SMILES string of the molecule is Cl.O=C(OCc1nnc(-c2cnc(NC3Cc4cc(F)c(F)cc4C3)nc2)o1)C1CCNC1. The van der Waals surface area contributed by atoms with E-state index in [1.54, 1.807) is 0 Å². The molecule has 1 aliphatic heterocycles. The number of aromatic nitrogens is 4. The maximum atomic E-state index is 13.4. The largest absolute Gasteiger partial charge is 0.455 e. The number of nitrogens with one attached hydrogen (secondary N) is 2. The van der Waals surface area contributed by atoms with E-state index in [9.17, 15) is 13.6 Å². The van der Waals surface area contributed by atoms with Crippen LogP contribution < -0.4 is 10.6 Å². The molecule has 2 aromatic heterocycles. The standard InChI is InChI=1S/C21H20F2N6O3.ClH/c22-16-5-12-3-15(4-13(12)6-17(16)23)27-21-25-8-14(9-26-21)19-29-28-18(32-19)10-31-20(30)11-1-2-24-7-11;/h5-6,8-9,11,15,24H,1-4,7,10H2,(H,25,26,27);1H. The van der Waals surface area contributed by atoms with Crippen molar-refractivity contribution in [2.24, 2.45) is 5.92 Å². The van der Waals surface area contributed by atoms with Crippen molar-refractivity contribution >= 4 is 24.3 Å². The molecule has 1 aromatic carbocycles. The molecule has 1 aliphatic carbocycles. The highest BCUT2D eigenvalue weighted by molar-refractivity contribution is 5.85. The van der Waals surface area contributed by atoms with E-state index < -0.39 is 11.6 Å². The lowest BCUT2D eigenvalue weighted by molar-refractivity contribution is -0.149. The van der Waals surface area contributed by atoms with Crippen molar-refractivity contribution < 1.29 is 22.7 Å². The van der Waals surface area contributed by atoms with Crippen LogP contribution in [0.5, 0.6) is 0 Å². The second kappa shape index (κ2) is 9.75. The van der Waals surface area contributed by atoms with Crippen LogP contribution in [0.1, 0.15) is 23.4 Å². The van der Waals surface area contributed by atoms with Gasteiger partial charge >= 0.3 is 5.97 Å². The molecule has 174 valence electrons. The first-order valence-corrected chi connectivity index (χ1v) is 10.3. The Balaban J connectivity index is 0.00000259. The second-order valence-corrected chi connectivity index (χ2v) is 7.88. The summed E-state index contributed by atoms with van der Waals surface area (Å²) in [5.41, 5.74) is 2.07. The summed E-state index contributed by atoms with van der Waals surface area (Å²) in [6.07, 6.45) is 4.93. The first kappa shape index (κ1) is 23.0. The van der Waals surface area contributed by atoms with E-state index in [-0.39, 0.29) is 48.7 Å². The molecule has 1 saturated heterocycles. The van der Waals surface area contributed by atoms with Crippen molar-refractivity contribution in [1.82, 2.24) is 25.5 Å². The Bertz CT molecular complexity index is 1110. The van der Waals surface area contributed by atoms with Gasteiger partial charge in [0, 0.05) is 25.0 Å². The Kier molecular flexibility index (Phi) is 6.80. The number of nitrogens with zero attached hydrogens (tertiary/aromatic N) is 4. The van der Waals surface area contributed by atoms with E-state index in [1.807, 2.05) is 0 Å². The third-order valence-electron chi connectivity index (χ3n) is 5.61. The normalized spacial score (nSPS) is 17.5. The summed E-state index contributed by atoms with van der Waals surface area (Å²) in [7, 11) is 0. The van der Waals surface area contributed by atoms with Crippen molar-refractivity contribution in [2.75, 3.05) is 18.4 Å². The zero-order valence-corrected chi connectivity index (χ0v) is 18.2. The summed E-state index contributed by atoms with van der Waals surface area (Å²) in [5, 5.41) is 14.1. The van der Waals surface area contributed by atoms with E-state index >= 15 is 0 Å². The molecule has 0 bridgehead atoms. The van der Waals surface area contributed by atoms with Crippen LogP contribution in [-0.2, 0) is 29.0 Å². The fraction of sp³-hybridized carbons (Fsp3) is 0.381. The Hall–Kier alpha value is -3.18. The predicted molar refractivity (Wildman–Crippen MR) is 115 cm³/mol. The minimum atomic E-state index is -0.839. The second-order valence-electron chi connectivity index (χ2n) is 7.88. The fourth-order valence-corrected chi connectivity index (χ4v) is 3.95. The van der Waals surface area contributed by atoms with E-state index in [0.29, 0.717) is 30.9 Å². The van der Waals surface area contributed by atoms with Gasteiger partial charge in [0.05, 0.1) is 11.5 Å². The van der Waals surface area contributed by atoms with Gasteiger partial charge in [-0.25, -0.2) is 18.7 Å². The smallest absolute Gasteiger partial charge is 0.310 e. The van der Waals surface area contributed by atoms with Crippen LogP contribution in [-0.4, -0.2) is 45.3 Å². The summed E-state index contributed by atoms with van der Waals surface area (Å²) >= 11 is 0. The zero-order valence-electron chi connectivity index (χ0n) is 17.4. The number of rotatable bonds is 6. The summed E-state index contributed by atoms with van der Waals surface area (Å²) in [4.78, 5) is 20.5. The first-order valence-electron chi connectivity index (χ1n) is 10.3. The van der Waals surface area contributed by atoms with Crippen LogP contribution >= 0.6 is 12.4 Å². The van der Waals surface area contributed by atoms with Crippen LogP contribution in [0.3, 0.4) is 0 Å². The highest BCUT2D eigenvalue weighted by atomic mass is 35.5. The van der Waals surface area contributed by atoms with Crippen molar-refractivity contribution in [1.29, 1.82) is 0 Å². The van der Waals surface area contributed by atoms with E-state index in [4.69, 9.17) is 9.15 Å². The van der Waals surface area contributed by atoms with Crippen LogP contribution in [0.15, 0.2) is 28.9 Å². The van der Waals surface area contributed by atoms with Crippen LogP contribution in [0.2, 0.25) is 0 Å². The predicted octanol–water partition coefficient (Wildman–Crippen LogP) is 2.46. The fourth-order valence-electron chi connectivity index (χ4n) is 3.95. The number of hydrogen-bond donors (Lipinski definition) is 2. The lowest BCUT2D eigenvalue weighted by atomic mass is 10.1. The topological polar surface area (TPSA) is 115 Å². The average molecular weight is 479 g/mol. The summed E-state index contributed by atoms with van der Waals surface area (Å²) in [5.74, 6) is -1.33. The summed E-state index contributed by atoms with van der Waals surface area (Å²) in [6, 6.07) is 2.42. The quantitative estimate of drug-likeness (QED) is 0.515. The van der Waals surface area contributed by atoms with Gasteiger partial charge in [-0.2, -0.15) is 0 Å². The van der Waals surface area contributed by atoms with Gasteiger partial charge < -0.3 is 19.8 Å². The molecule has 0 radical (unpaired) electrons. The molecule has 0 amide bonds. The van der Waals surface area contributed by atoms with Crippen molar-refractivity contribution in [3.05, 3.63) is 53.2 Å². The Morgan fingerprint density at radius 1 is 1.15 bits per heavy atom. The molecule has 9 nitrogen and oxygen atoms in total. The number of carbonyl (C=O) groups excluding carboxylic acids is 1. The Morgan fingerprint density at radius 3 is 2.48 bits per heavy atom. The van der Waals surface area contributed by atoms with E-state index in [2.05, 4.69) is 30.8 Å². The molecule has 0 spiro atoms. The molecule has 1 fully saturated rings. The Labute approximate surface area is 193 Å². The van der Waals surface area contributed by atoms with Gasteiger partial charge in [0.25, 0.3) is 11.8 Å². The molecular weight excluding hydrogens is 458 g/mol. The number of hydrogen-bond acceptors (Lipinski definition) is 9. The van der Waals surface area contributed by atoms with Crippen molar-refractivity contribution in [3.8, 4) is 11.5 Å². The molecule has 3 heterocycles. The van der Waals surface area contributed by atoms with Gasteiger partial charge in [0.1, 0.15) is 0 Å². The highest BCUT2D eigenvalue weighted by Gasteiger charge is 2.25. The van der Waals surface area contributed by atoms with E-state index in [0.717, 1.165) is 24.1 Å². The number of esters is 1. The lowest BCUT2D eigenvalue weighted by Crippen LogP contribution is -2.20. The number of fused-ring (bicyclic) bond motifs is 1. The maximum absolute atomic E-state index is 13.4. The van der Waals surface area contributed by atoms with E-state index in [1.165, 1.54) is 24.5 Å². The van der Waals surface area contributed by atoms with Gasteiger partial charge in [0.15, 0.2) is 18.2 Å². The molecule has 1 unspecified atom stereocenters. The highest BCUT2D eigenvalue weighted by Crippen LogP contribution is 2.26. The minimum absolute atomic E-state index is 0. The van der Waals surface area contributed by atoms with Gasteiger partial charge in [-0.05, 0) is 49.1 Å². The van der Waals surface area contributed by atoms with Crippen LogP contribution in [0.4, 0.5) is 14.7 Å². The Morgan fingerprint density at radius 2 is 1.85 bits per heavy atom. The molecule has 12 heteroatoms. The van der Waals surface area contributed by atoms with Gasteiger partial charge in [-0.1, -0.05) is 0 Å². The number of anilines is 1. The number of ether oxygens (including phenoxy) is 1. The van der Waals surface area contributed by atoms with Gasteiger partial charge in [-0.15, -0.1) is 22.6 Å². The summed E-state index contributed by atoms with van der Waals surface area (Å²) < 4.78 is 37.6. The van der Waals surface area contributed by atoms with Crippen LogP contribution in [0.25, 0.3) is 11.5 Å². The molecule has 33 heavy (non-hydrogen) atoms. The molecule has 3 aromatic rings. The molecule has 5 rings (SSSR count). The molecular formula is C21H21ClF2N6O3. The number of halogens is 3. The third kappa shape index (κ3) is 5.09. The lowest BCUT2D eigenvalue weighted by Gasteiger charge is -2.11. The van der Waals surface area contributed by atoms with Crippen LogP contribution in [0, 0.1) is 17.6 Å². The zero-order chi connectivity index (χ0) is 22.1. The summed E-state index contributed by atoms with van der Waals surface area (Å²) in [6.45, 7) is 1.33. The van der Waals surface area contributed by atoms with Crippen molar-refractivity contribution in [3.63, 3.8) is 0 Å². The third-order valence-corrected chi connectivity index (χ3v) is 5.61. The number of carbonyl (C=O) groups is 1. The molecule has 2 aliphatic rings. The van der Waals surface area contributed by atoms with Crippen molar-refractivity contribution in [2.45, 2.75) is 31.9 Å². The first-order chi connectivity index (χ1) is 15.5. The van der Waals surface area contributed by atoms with Gasteiger partial charge in [-0.3, -0.25) is 4.79 Å². The maximum Gasteiger partial charge on any atom is 0.310 e. The molecule has 0 saturated carbocycles. The molecule has 1 atom stereocenters. The average Bonchev–Trinajstić information content (AvgIpc) is 3.54. The molecule has 2 N–H and O–H groups in total. The number of benzene rings is 1. The minimum Gasteiger partial charge on any atom is -0.455 e. The van der Waals surface area contributed by atoms with Gasteiger partial charge in [0.2, 0.25) is 5.95 Å². The monoisotopic (exact) mass is 478 g/mol.